The summed E-state index contributed by atoms with van der Waals surface area (Å²) in [5.74, 6) is 0.452. The van der Waals surface area contributed by atoms with E-state index in [0.29, 0.717) is 11.4 Å². The van der Waals surface area contributed by atoms with Crippen LogP contribution in [0.5, 0.6) is 0 Å². The predicted octanol–water partition coefficient (Wildman–Crippen LogP) is 0.223. The summed E-state index contributed by atoms with van der Waals surface area (Å²) in [7, 11) is -1.35. The highest BCUT2D eigenvalue weighted by Crippen LogP contribution is 2.24. The number of benzene rings is 1. The molecule has 3 N–H and O–H groups in total. The van der Waals surface area contributed by atoms with Crippen molar-refractivity contribution in [2.75, 3.05) is 13.1 Å². The quantitative estimate of drug-likeness (QED) is 0.624. The lowest BCUT2D eigenvalue weighted by Gasteiger charge is -2.18. The molecule has 1 atom stereocenters. The molecule has 1 saturated heterocycles. The number of nitrogens with one attached hydrogen (secondary N) is 1. The van der Waals surface area contributed by atoms with Gasteiger partial charge in [0.1, 0.15) is 0 Å². The van der Waals surface area contributed by atoms with Gasteiger partial charge in [0, 0.05) is 0 Å². The monoisotopic (exact) mass is 219 g/mol. The Morgan fingerprint density at radius 1 is 1.12 bits per heavy atom. The van der Waals surface area contributed by atoms with E-state index in [9.17, 15) is 10.0 Å². The van der Waals surface area contributed by atoms with Crippen LogP contribution in [0.15, 0.2) is 24.3 Å². The van der Waals surface area contributed by atoms with Crippen LogP contribution < -0.4 is 10.8 Å². The van der Waals surface area contributed by atoms with Gasteiger partial charge >= 0.3 is 7.12 Å². The van der Waals surface area contributed by atoms with Crippen molar-refractivity contribution in [3.05, 3.63) is 29.8 Å². The molecule has 1 fully saturated rings. The topological polar surface area (TPSA) is 52.5 Å². The second kappa shape index (κ2) is 5.48. The van der Waals surface area contributed by atoms with Crippen molar-refractivity contribution in [2.45, 2.75) is 25.2 Å². The van der Waals surface area contributed by atoms with Crippen LogP contribution in [-0.4, -0.2) is 30.3 Å². The Morgan fingerprint density at radius 3 is 2.75 bits per heavy atom. The maximum atomic E-state index is 9.35. The molecule has 0 spiro atoms. The van der Waals surface area contributed by atoms with Gasteiger partial charge in [-0.05, 0) is 49.3 Å². The zero-order chi connectivity index (χ0) is 11.4. The Morgan fingerprint density at radius 2 is 1.94 bits per heavy atom. The molecule has 1 heterocycles. The summed E-state index contributed by atoms with van der Waals surface area (Å²) in [6.07, 6.45) is 3.35. The van der Waals surface area contributed by atoms with E-state index in [2.05, 4.69) is 5.32 Å². The van der Waals surface area contributed by atoms with Crippen molar-refractivity contribution in [3.63, 3.8) is 0 Å². The molecular formula is C12H18BNO2. The Hall–Kier alpha value is -0.835. The Bertz CT molecular complexity index is 336. The highest BCUT2D eigenvalue weighted by Gasteiger charge is 2.21. The fourth-order valence-electron chi connectivity index (χ4n) is 2.45. The van der Waals surface area contributed by atoms with Crippen molar-refractivity contribution in [3.8, 4) is 0 Å². The Labute approximate surface area is 96.6 Å². The molecule has 1 aliphatic rings. The molecule has 1 unspecified atom stereocenters. The highest BCUT2D eigenvalue weighted by molar-refractivity contribution is 6.59. The molecule has 1 aromatic rings. The first kappa shape index (κ1) is 11.6. The second-order valence-electron chi connectivity index (χ2n) is 4.38. The molecule has 3 nitrogen and oxygen atoms in total. The van der Waals surface area contributed by atoms with Crippen LogP contribution in [0.1, 0.15) is 30.7 Å². The fraction of sp³-hybridized carbons (Fsp3) is 0.500. The van der Waals surface area contributed by atoms with E-state index in [1.165, 1.54) is 0 Å². The molecule has 16 heavy (non-hydrogen) atoms. The van der Waals surface area contributed by atoms with Gasteiger partial charge in [0.15, 0.2) is 0 Å². The molecule has 0 bridgehead atoms. The third kappa shape index (κ3) is 2.64. The molecular weight excluding hydrogens is 201 g/mol. The van der Waals surface area contributed by atoms with Crippen molar-refractivity contribution in [1.29, 1.82) is 0 Å². The van der Waals surface area contributed by atoms with Crippen LogP contribution in [0.2, 0.25) is 0 Å². The summed E-state index contributed by atoms with van der Waals surface area (Å²) in [4.78, 5) is 0. The fourth-order valence-corrected chi connectivity index (χ4v) is 2.45. The van der Waals surface area contributed by atoms with Gasteiger partial charge in [0.25, 0.3) is 0 Å². The van der Waals surface area contributed by atoms with Crippen LogP contribution in [0, 0.1) is 0 Å². The van der Waals surface area contributed by atoms with Gasteiger partial charge in [-0.15, -0.1) is 0 Å². The number of rotatable bonds is 2. The molecule has 1 aliphatic heterocycles. The summed E-state index contributed by atoms with van der Waals surface area (Å²) in [5, 5.41) is 22.1. The van der Waals surface area contributed by atoms with E-state index in [1.54, 1.807) is 6.07 Å². The van der Waals surface area contributed by atoms with Gasteiger partial charge in [-0.3, -0.25) is 0 Å². The SMILES string of the molecule is OB(O)c1ccccc1C1CCCNCC1. The summed E-state index contributed by atoms with van der Waals surface area (Å²) < 4.78 is 0. The lowest BCUT2D eigenvalue weighted by Crippen LogP contribution is -2.34. The third-order valence-corrected chi connectivity index (χ3v) is 3.29. The lowest BCUT2D eigenvalue weighted by atomic mass is 9.73. The number of hydrogen-bond donors (Lipinski definition) is 3. The van der Waals surface area contributed by atoms with Gasteiger partial charge in [-0.1, -0.05) is 24.3 Å². The van der Waals surface area contributed by atoms with E-state index in [-0.39, 0.29) is 0 Å². The van der Waals surface area contributed by atoms with Gasteiger partial charge in [0.05, 0.1) is 0 Å². The van der Waals surface area contributed by atoms with E-state index in [4.69, 9.17) is 0 Å². The van der Waals surface area contributed by atoms with Crippen LogP contribution >= 0.6 is 0 Å². The molecule has 4 heteroatoms. The van der Waals surface area contributed by atoms with Crippen molar-refractivity contribution >= 4 is 12.6 Å². The van der Waals surface area contributed by atoms with Crippen LogP contribution in [-0.2, 0) is 0 Å². The van der Waals surface area contributed by atoms with E-state index >= 15 is 0 Å². The normalized spacial score (nSPS) is 21.5. The first-order valence-electron chi connectivity index (χ1n) is 5.94. The highest BCUT2D eigenvalue weighted by atomic mass is 16.4. The smallest absolute Gasteiger partial charge is 0.423 e. The molecule has 0 amide bonds. The molecule has 0 aliphatic carbocycles. The number of hydrogen-bond acceptors (Lipinski definition) is 3. The maximum Gasteiger partial charge on any atom is 0.488 e. The Balaban J connectivity index is 2.23. The van der Waals surface area contributed by atoms with Gasteiger partial charge in [0.2, 0.25) is 0 Å². The minimum atomic E-state index is -1.35. The second-order valence-corrected chi connectivity index (χ2v) is 4.38. The third-order valence-electron chi connectivity index (χ3n) is 3.29. The minimum Gasteiger partial charge on any atom is -0.423 e. The Kier molecular flexibility index (Phi) is 3.99. The van der Waals surface area contributed by atoms with Crippen LogP contribution in [0.3, 0.4) is 0 Å². The first-order valence-corrected chi connectivity index (χ1v) is 5.94. The van der Waals surface area contributed by atoms with E-state index in [1.807, 2.05) is 18.2 Å². The molecule has 0 saturated carbocycles. The summed E-state index contributed by atoms with van der Waals surface area (Å²) >= 11 is 0. The minimum absolute atomic E-state index is 0.452. The van der Waals surface area contributed by atoms with Crippen LogP contribution in [0.4, 0.5) is 0 Å². The van der Waals surface area contributed by atoms with E-state index < -0.39 is 7.12 Å². The largest absolute Gasteiger partial charge is 0.488 e. The average Bonchev–Trinajstić information content (AvgIpc) is 2.57. The standard InChI is InChI=1S/C12H18BNO2/c15-13(16)12-6-2-1-5-11(12)10-4-3-8-14-9-7-10/h1-2,5-6,10,14-16H,3-4,7-9H2. The van der Waals surface area contributed by atoms with Crippen LogP contribution in [0.25, 0.3) is 0 Å². The summed E-state index contributed by atoms with van der Waals surface area (Å²) in [6.45, 7) is 2.08. The van der Waals surface area contributed by atoms with Gasteiger partial charge in [-0.2, -0.15) is 0 Å². The maximum absolute atomic E-state index is 9.35. The van der Waals surface area contributed by atoms with Crippen molar-refractivity contribution in [1.82, 2.24) is 5.32 Å². The summed E-state index contributed by atoms with van der Waals surface area (Å²) in [5.41, 5.74) is 1.76. The zero-order valence-electron chi connectivity index (χ0n) is 9.39. The molecule has 86 valence electrons. The van der Waals surface area contributed by atoms with E-state index in [0.717, 1.165) is 37.9 Å². The lowest BCUT2D eigenvalue weighted by molar-refractivity contribution is 0.424. The molecule has 2 rings (SSSR count). The zero-order valence-corrected chi connectivity index (χ0v) is 9.39. The summed E-state index contributed by atoms with van der Waals surface area (Å²) in [6, 6.07) is 7.65. The average molecular weight is 219 g/mol. The molecule has 1 aromatic carbocycles. The molecule has 0 aromatic heterocycles. The van der Waals surface area contributed by atoms with Gasteiger partial charge < -0.3 is 15.4 Å². The first-order chi connectivity index (χ1) is 7.79. The van der Waals surface area contributed by atoms with Crippen molar-refractivity contribution < 1.29 is 10.0 Å². The van der Waals surface area contributed by atoms with Gasteiger partial charge in [-0.25, -0.2) is 0 Å². The predicted molar refractivity (Wildman–Crippen MR) is 65.7 cm³/mol. The molecule has 0 radical (unpaired) electrons. The van der Waals surface area contributed by atoms with Crippen molar-refractivity contribution in [2.24, 2.45) is 0 Å².